The van der Waals surface area contributed by atoms with Gasteiger partial charge in [-0.15, -0.1) is 10.2 Å². The predicted octanol–water partition coefficient (Wildman–Crippen LogP) is 2.57. The Kier molecular flexibility index (Phi) is 4.63. The van der Waals surface area contributed by atoms with Gasteiger partial charge in [-0.1, -0.05) is 12.1 Å². The number of aromatic nitrogens is 2. The molecule has 1 aliphatic heterocycles. The van der Waals surface area contributed by atoms with Crippen molar-refractivity contribution in [3.05, 3.63) is 41.1 Å². The minimum absolute atomic E-state index is 0.449. The van der Waals surface area contributed by atoms with Crippen molar-refractivity contribution >= 4 is 0 Å². The molecule has 1 saturated heterocycles. The van der Waals surface area contributed by atoms with E-state index < -0.39 is 5.60 Å². The third-order valence-electron chi connectivity index (χ3n) is 4.36. The first kappa shape index (κ1) is 16.0. The van der Waals surface area contributed by atoms with Gasteiger partial charge in [-0.2, -0.15) is 0 Å². The van der Waals surface area contributed by atoms with E-state index >= 15 is 0 Å². The molecule has 0 spiro atoms. The van der Waals surface area contributed by atoms with Gasteiger partial charge in [0.1, 0.15) is 5.75 Å². The monoisotopic (exact) mass is 318 g/mol. The van der Waals surface area contributed by atoms with E-state index in [0.717, 1.165) is 17.7 Å². The molecule has 124 valence electrons. The second-order valence-electron chi connectivity index (χ2n) is 5.80. The minimum Gasteiger partial charge on any atom is -0.493 e. The smallest absolute Gasteiger partial charge is 0.250 e. The summed E-state index contributed by atoms with van der Waals surface area (Å²) in [6, 6.07) is 6.03. The summed E-state index contributed by atoms with van der Waals surface area (Å²) in [4.78, 5) is 0. The van der Waals surface area contributed by atoms with E-state index in [1.54, 1.807) is 7.11 Å². The molecule has 0 amide bonds. The maximum absolute atomic E-state index is 5.82. The van der Waals surface area contributed by atoms with E-state index in [1.807, 2.05) is 12.1 Å². The zero-order valence-electron chi connectivity index (χ0n) is 13.8. The van der Waals surface area contributed by atoms with Crippen molar-refractivity contribution in [1.82, 2.24) is 10.2 Å². The second kappa shape index (κ2) is 6.68. The first-order chi connectivity index (χ1) is 11.1. The van der Waals surface area contributed by atoms with Crippen molar-refractivity contribution in [2.24, 2.45) is 0 Å². The van der Waals surface area contributed by atoms with Gasteiger partial charge in [0.05, 0.1) is 26.2 Å². The van der Waals surface area contributed by atoms with Crippen LogP contribution in [0.25, 0.3) is 0 Å². The molecule has 1 fully saturated rings. The van der Waals surface area contributed by atoms with Gasteiger partial charge in [-0.05, 0) is 31.0 Å². The fraction of sp³-hybridized carbons (Fsp3) is 0.529. The zero-order chi connectivity index (χ0) is 16.3. The Labute approximate surface area is 135 Å². The number of hydrogen-bond acceptors (Lipinski definition) is 6. The number of methoxy groups -OCH3 is 1. The number of aryl methyl sites for hydroxylation is 1. The lowest BCUT2D eigenvalue weighted by Gasteiger charge is -2.20. The number of benzene rings is 1. The van der Waals surface area contributed by atoms with Crippen LogP contribution in [0.15, 0.2) is 22.6 Å². The standard InChI is InChI=1S/C17H22N2O4/c1-12-5-4-6-14(13(12)2)22-9-7-15-18-19-16(23-15)17(20-3)8-10-21-11-17/h4-6H,7-11H2,1-3H3. The highest BCUT2D eigenvalue weighted by Gasteiger charge is 2.42. The van der Waals surface area contributed by atoms with Crippen molar-refractivity contribution in [1.29, 1.82) is 0 Å². The Balaban J connectivity index is 1.60. The van der Waals surface area contributed by atoms with Gasteiger partial charge in [0.15, 0.2) is 5.60 Å². The number of nitrogens with zero attached hydrogens (tertiary/aromatic N) is 2. The number of ether oxygens (including phenoxy) is 3. The molecule has 0 bridgehead atoms. The molecule has 0 N–H and O–H groups in total. The van der Waals surface area contributed by atoms with Crippen LogP contribution < -0.4 is 4.74 Å². The molecule has 6 heteroatoms. The highest BCUT2D eigenvalue weighted by Crippen LogP contribution is 2.32. The molecule has 0 aliphatic carbocycles. The third-order valence-corrected chi connectivity index (χ3v) is 4.36. The third kappa shape index (κ3) is 3.23. The lowest BCUT2D eigenvalue weighted by molar-refractivity contribution is -0.0417. The van der Waals surface area contributed by atoms with Crippen LogP contribution in [0.5, 0.6) is 5.75 Å². The lowest BCUT2D eigenvalue weighted by atomic mass is 10.0. The quantitative estimate of drug-likeness (QED) is 0.815. The van der Waals surface area contributed by atoms with Crippen LogP contribution in [-0.4, -0.2) is 37.1 Å². The van der Waals surface area contributed by atoms with Crippen LogP contribution in [0, 0.1) is 13.8 Å². The van der Waals surface area contributed by atoms with Crippen LogP contribution in [0.4, 0.5) is 0 Å². The molecule has 1 aromatic carbocycles. The van der Waals surface area contributed by atoms with Crippen LogP contribution in [0.1, 0.15) is 29.3 Å². The van der Waals surface area contributed by atoms with Crippen LogP contribution in [0.3, 0.4) is 0 Å². The average Bonchev–Trinajstić information content (AvgIpc) is 3.21. The molecule has 23 heavy (non-hydrogen) atoms. The minimum atomic E-state index is -0.598. The van der Waals surface area contributed by atoms with Gasteiger partial charge in [0.2, 0.25) is 5.89 Å². The predicted molar refractivity (Wildman–Crippen MR) is 83.5 cm³/mol. The van der Waals surface area contributed by atoms with E-state index in [1.165, 1.54) is 5.56 Å². The van der Waals surface area contributed by atoms with Crippen LogP contribution >= 0.6 is 0 Å². The first-order valence-corrected chi connectivity index (χ1v) is 7.79. The molecule has 1 unspecified atom stereocenters. The summed E-state index contributed by atoms with van der Waals surface area (Å²) in [5, 5.41) is 8.21. The Morgan fingerprint density at radius 3 is 2.87 bits per heavy atom. The van der Waals surface area contributed by atoms with Gasteiger partial charge in [-0.25, -0.2) is 0 Å². The van der Waals surface area contributed by atoms with Crippen LogP contribution in [0.2, 0.25) is 0 Å². The molecule has 1 aliphatic rings. The Morgan fingerprint density at radius 2 is 2.13 bits per heavy atom. The molecule has 0 saturated carbocycles. The van der Waals surface area contributed by atoms with E-state index in [9.17, 15) is 0 Å². The van der Waals surface area contributed by atoms with Gasteiger partial charge in [0, 0.05) is 13.5 Å². The molecule has 1 atom stereocenters. The summed E-state index contributed by atoms with van der Waals surface area (Å²) >= 11 is 0. The van der Waals surface area contributed by atoms with E-state index in [4.69, 9.17) is 18.6 Å². The zero-order valence-corrected chi connectivity index (χ0v) is 13.8. The fourth-order valence-electron chi connectivity index (χ4n) is 2.63. The molecular formula is C17H22N2O4. The van der Waals surface area contributed by atoms with Crippen molar-refractivity contribution in [2.45, 2.75) is 32.3 Å². The highest BCUT2D eigenvalue weighted by atomic mass is 16.6. The number of rotatable bonds is 6. The molecule has 2 aromatic rings. The normalized spacial score (nSPS) is 20.8. The van der Waals surface area contributed by atoms with Crippen molar-refractivity contribution in [3.63, 3.8) is 0 Å². The van der Waals surface area contributed by atoms with Crippen molar-refractivity contribution in [2.75, 3.05) is 26.9 Å². The molecule has 1 aromatic heterocycles. The topological polar surface area (TPSA) is 66.6 Å². The van der Waals surface area contributed by atoms with Gasteiger partial charge in [0.25, 0.3) is 5.89 Å². The maximum atomic E-state index is 5.82. The second-order valence-corrected chi connectivity index (χ2v) is 5.80. The first-order valence-electron chi connectivity index (χ1n) is 7.79. The van der Waals surface area contributed by atoms with Gasteiger partial charge >= 0.3 is 0 Å². The highest BCUT2D eigenvalue weighted by molar-refractivity contribution is 5.38. The Bertz CT molecular complexity index is 662. The van der Waals surface area contributed by atoms with E-state index in [0.29, 0.717) is 38.0 Å². The summed E-state index contributed by atoms with van der Waals surface area (Å²) in [6.45, 7) is 5.70. The van der Waals surface area contributed by atoms with Crippen molar-refractivity contribution < 1.29 is 18.6 Å². The molecule has 0 radical (unpaired) electrons. The summed E-state index contributed by atoms with van der Waals surface area (Å²) < 4.78 is 22.5. The van der Waals surface area contributed by atoms with E-state index in [-0.39, 0.29) is 0 Å². The fourth-order valence-corrected chi connectivity index (χ4v) is 2.63. The molecule has 2 heterocycles. The summed E-state index contributed by atoms with van der Waals surface area (Å²) in [5.74, 6) is 1.93. The summed E-state index contributed by atoms with van der Waals surface area (Å²) in [6.07, 6.45) is 1.28. The largest absolute Gasteiger partial charge is 0.493 e. The Morgan fingerprint density at radius 1 is 1.26 bits per heavy atom. The molecular weight excluding hydrogens is 296 g/mol. The summed E-state index contributed by atoms with van der Waals surface area (Å²) in [7, 11) is 1.64. The SMILES string of the molecule is COC1(c2nnc(CCOc3cccc(C)c3C)o2)CCOC1. The lowest BCUT2D eigenvalue weighted by Crippen LogP contribution is -2.29. The molecule has 6 nitrogen and oxygen atoms in total. The van der Waals surface area contributed by atoms with Gasteiger partial charge in [-0.3, -0.25) is 0 Å². The van der Waals surface area contributed by atoms with E-state index in [2.05, 4.69) is 30.1 Å². The van der Waals surface area contributed by atoms with Crippen LogP contribution in [-0.2, 0) is 21.5 Å². The maximum Gasteiger partial charge on any atom is 0.250 e. The molecule has 3 rings (SSSR count). The van der Waals surface area contributed by atoms with Crippen molar-refractivity contribution in [3.8, 4) is 5.75 Å². The van der Waals surface area contributed by atoms with Gasteiger partial charge < -0.3 is 18.6 Å². The Hall–Kier alpha value is -1.92. The number of hydrogen-bond donors (Lipinski definition) is 0. The summed E-state index contributed by atoms with van der Waals surface area (Å²) in [5.41, 5.74) is 1.77. The average molecular weight is 318 g/mol.